The Kier molecular flexibility index (Phi) is 6.58. The van der Waals surface area contributed by atoms with E-state index in [0.29, 0.717) is 30.1 Å². The number of hydrogen-bond acceptors (Lipinski definition) is 4. The van der Waals surface area contributed by atoms with Gasteiger partial charge in [-0.2, -0.15) is 4.31 Å². The van der Waals surface area contributed by atoms with Crippen molar-refractivity contribution in [3.8, 4) is 0 Å². The fraction of sp³-hybridized carbons (Fsp3) is 0.476. The summed E-state index contributed by atoms with van der Waals surface area (Å²) in [5.41, 5.74) is 3.58. The van der Waals surface area contributed by atoms with Gasteiger partial charge in [0.05, 0.1) is 6.04 Å². The Morgan fingerprint density at radius 2 is 1.93 bits per heavy atom. The van der Waals surface area contributed by atoms with Crippen molar-refractivity contribution in [2.45, 2.75) is 50.3 Å². The zero-order chi connectivity index (χ0) is 20.3. The number of piperidine rings is 1. The smallest absolute Gasteiger partial charge is 0.252 e. The number of carbonyl (C=O) groups excluding carboxylic acids is 1. The maximum Gasteiger partial charge on any atom is 0.252 e. The molecule has 1 amide bonds. The van der Waals surface area contributed by atoms with Gasteiger partial charge in [0.2, 0.25) is 5.91 Å². The van der Waals surface area contributed by atoms with Crippen LogP contribution in [0.1, 0.15) is 48.9 Å². The van der Waals surface area contributed by atoms with Crippen molar-refractivity contribution in [1.82, 2.24) is 9.62 Å². The molecule has 0 unspecified atom stereocenters. The summed E-state index contributed by atoms with van der Waals surface area (Å²) in [6.45, 7) is 7.00. The molecule has 1 aromatic carbocycles. The molecule has 0 spiro atoms. The van der Waals surface area contributed by atoms with E-state index in [2.05, 4.69) is 44.3 Å². The minimum atomic E-state index is -3.43. The highest BCUT2D eigenvalue weighted by molar-refractivity contribution is 7.91. The van der Waals surface area contributed by atoms with Gasteiger partial charge < -0.3 is 5.32 Å². The van der Waals surface area contributed by atoms with Crippen LogP contribution in [-0.2, 0) is 14.8 Å². The van der Waals surface area contributed by atoms with E-state index >= 15 is 0 Å². The Labute approximate surface area is 171 Å². The summed E-state index contributed by atoms with van der Waals surface area (Å²) in [6.07, 6.45) is 1.93. The summed E-state index contributed by atoms with van der Waals surface area (Å²) < 4.78 is 27.1. The van der Waals surface area contributed by atoms with Gasteiger partial charge in [0.25, 0.3) is 10.0 Å². The molecule has 1 saturated heterocycles. The second-order valence-electron chi connectivity index (χ2n) is 7.42. The number of aryl methyl sites for hydroxylation is 2. The molecular formula is C21H28N2O3S2. The molecular weight excluding hydrogens is 392 g/mol. The Bertz CT molecular complexity index is 915. The molecule has 1 aliphatic rings. The van der Waals surface area contributed by atoms with Crippen LogP contribution in [0.15, 0.2) is 39.9 Å². The van der Waals surface area contributed by atoms with Crippen LogP contribution in [0.25, 0.3) is 0 Å². The SMILES string of the molecule is CC[C@H](NC(=O)C1CCN(S(=O)(=O)c2cccs2)CC1)c1ccc(C)c(C)c1. The highest BCUT2D eigenvalue weighted by Crippen LogP contribution is 2.27. The molecule has 152 valence electrons. The fourth-order valence-corrected chi connectivity index (χ4v) is 6.20. The number of amides is 1. The van der Waals surface area contributed by atoms with Gasteiger partial charge in [-0.05, 0) is 61.2 Å². The van der Waals surface area contributed by atoms with E-state index in [4.69, 9.17) is 0 Å². The minimum absolute atomic E-state index is 0.0142. The van der Waals surface area contributed by atoms with E-state index in [1.54, 1.807) is 17.5 Å². The molecule has 1 N–H and O–H groups in total. The predicted molar refractivity (Wildman–Crippen MR) is 113 cm³/mol. The number of nitrogens with zero attached hydrogens (tertiary/aromatic N) is 1. The van der Waals surface area contributed by atoms with Crippen LogP contribution in [0.2, 0.25) is 0 Å². The van der Waals surface area contributed by atoms with Gasteiger partial charge in [-0.1, -0.05) is 31.2 Å². The average Bonchev–Trinajstić information content (AvgIpc) is 3.24. The summed E-state index contributed by atoms with van der Waals surface area (Å²) >= 11 is 1.23. The van der Waals surface area contributed by atoms with Gasteiger partial charge in [0, 0.05) is 19.0 Å². The molecule has 1 atom stereocenters. The zero-order valence-corrected chi connectivity index (χ0v) is 18.3. The molecule has 1 fully saturated rings. The lowest BCUT2D eigenvalue weighted by Gasteiger charge is -2.31. The van der Waals surface area contributed by atoms with Gasteiger partial charge in [-0.25, -0.2) is 8.42 Å². The van der Waals surface area contributed by atoms with Gasteiger partial charge in [-0.3, -0.25) is 4.79 Å². The van der Waals surface area contributed by atoms with Crippen LogP contribution >= 0.6 is 11.3 Å². The lowest BCUT2D eigenvalue weighted by atomic mass is 9.95. The molecule has 1 aliphatic heterocycles. The van der Waals surface area contributed by atoms with Gasteiger partial charge >= 0.3 is 0 Å². The number of carbonyl (C=O) groups is 1. The standard InChI is InChI=1S/C21H28N2O3S2/c1-4-19(18-8-7-15(2)16(3)14-18)22-21(24)17-9-11-23(12-10-17)28(25,26)20-6-5-13-27-20/h5-8,13-14,17,19H,4,9-12H2,1-3H3,(H,22,24)/t19-/m0/s1. The third kappa shape index (κ3) is 4.47. The molecule has 7 heteroatoms. The zero-order valence-electron chi connectivity index (χ0n) is 16.6. The quantitative estimate of drug-likeness (QED) is 0.767. The van der Waals surface area contributed by atoms with Gasteiger partial charge in [0.1, 0.15) is 4.21 Å². The first-order valence-electron chi connectivity index (χ1n) is 9.74. The van der Waals surface area contributed by atoms with Crippen LogP contribution < -0.4 is 5.32 Å². The van der Waals surface area contributed by atoms with Crippen molar-refractivity contribution in [3.05, 3.63) is 52.4 Å². The van der Waals surface area contributed by atoms with Crippen molar-refractivity contribution < 1.29 is 13.2 Å². The number of sulfonamides is 1. The predicted octanol–water partition coefficient (Wildman–Crippen LogP) is 4.03. The maximum atomic E-state index is 12.8. The van der Waals surface area contributed by atoms with Crippen LogP contribution in [0.3, 0.4) is 0 Å². The molecule has 2 heterocycles. The second-order valence-corrected chi connectivity index (χ2v) is 10.5. The Morgan fingerprint density at radius 1 is 1.21 bits per heavy atom. The molecule has 0 bridgehead atoms. The van der Waals surface area contributed by atoms with Crippen molar-refractivity contribution in [2.24, 2.45) is 5.92 Å². The van der Waals surface area contributed by atoms with E-state index in [9.17, 15) is 13.2 Å². The number of nitrogens with one attached hydrogen (secondary N) is 1. The lowest BCUT2D eigenvalue weighted by molar-refractivity contribution is -0.126. The van der Waals surface area contributed by atoms with Crippen molar-refractivity contribution in [3.63, 3.8) is 0 Å². The topological polar surface area (TPSA) is 66.5 Å². The highest BCUT2D eigenvalue weighted by atomic mass is 32.2. The first-order chi connectivity index (χ1) is 13.3. The van der Waals surface area contributed by atoms with Gasteiger partial charge in [0.15, 0.2) is 0 Å². The van der Waals surface area contributed by atoms with Crippen LogP contribution in [-0.4, -0.2) is 31.7 Å². The van der Waals surface area contributed by atoms with Crippen molar-refractivity contribution in [1.29, 1.82) is 0 Å². The normalized spacial score (nSPS) is 17.4. The molecule has 0 radical (unpaired) electrons. The van der Waals surface area contributed by atoms with E-state index in [-0.39, 0.29) is 17.9 Å². The molecule has 2 aromatic rings. The van der Waals surface area contributed by atoms with Crippen LogP contribution in [0.5, 0.6) is 0 Å². The Balaban J connectivity index is 1.61. The molecule has 3 rings (SSSR count). The molecule has 28 heavy (non-hydrogen) atoms. The number of hydrogen-bond donors (Lipinski definition) is 1. The first-order valence-corrected chi connectivity index (χ1v) is 12.1. The summed E-state index contributed by atoms with van der Waals surface area (Å²) in [7, 11) is -3.43. The largest absolute Gasteiger partial charge is 0.349 e. The van der Waals surface area contributed by atoms with E-state index in [0.717, 1.165) is 12.0 Å². The van der Waals surface area contributed by atoms with E-state index in [1.807, 2.05) is 0 Å². The molecule has 5 nitrogen and oxygen atoms in total. The summed E-state index contributed by atoms with van der Waals surface area (Å²) in [5.74, 6) is -0.117. The summed E-state index contributed by atoms with van der Waals surface area (Å²) in [6, 6.07) is 9.67. The molecule has 1 aromatic heterocycles. The Hall–Kier alpha value is -1.70. The highest BCUT2D eigenvalue weighted by Gasteiger charge is 2.33. The maximum absolute atomic E-state index is 12.8. The van der Waals surface area contributed by atoms with Crippen molar-refractivity contribution >= 4 is 27.3 Å². The van der Waals surface area contributed by atoms with Crippen molar-refractivity contribution in [2.75, 3.05) is 13.1 Å². The average molecular weight is 421 g/mol. The molecule has 0 aliphatic carbocycles. The number of rotatable bonds is 6. The Morgan fingerprint density at radius 3 is 2.50 bits per heavy atom. The van der Waals surface area contributed by atoms with Gasteiger partial charge in [-0.15, -0.1) is 11.3 Å². The van der Waals surface area contributed by atoms with E-state index in [1.165, 1.54) is 26.8 Å². The van der Waals surface area contributed by atoms with Crippen LogP contribution in [0, 0.1) is 19.8 Å². The third-order valence-corrected chi connectivity index (χ3v) is 8.84. The molecule has 0 saturated carbocycles. The minimum Gasteiger partial charge on any atom is -0.349 e. The fourth-order valence-electron chi connectivity index (χ4n) is 3.59. The lowest BCUT2D eigenvalue weighted by Crippen LogP contribution is -2.43. The first kappa shape index (κ1) is 21.0. The van der Waals surface area contributed by atoms with E-state index < -0.39 is 10.0 Å². The number of benzene rings is 1. The monoisotopic (exact) mass is 420 g/mol. The van der Waals surface area contributed by atoms with Crippen LogP contribution in [0.4, 0.5) is 0 Å². The second kappa shape index (κ2) is 8.76. The summed E-state index contributed by atoms with van der Waals surface area (Å²) in [4.78, 5) is 12.8. The third-order valence-electron chi connectivity index (χ3n) is 5.57. The summed E-state index contributed by atoms with van der Waals surface area (Å²) in [5, 5.41) is 4.94. The number of thiophene rings is 1.